The van der Waals surface area contributed by atoms with Crippen molar-refractivity contribution in [3.8, 4) is 22.6 Å². The highest BCUT2D eigenvalue weighted by Gasteiger charge is 2.20. The molecule has 0 aliphatic heterocycles. The SMILES string of the molecule is COc1cccc(-c2ccc(COc3cccc([C@@H](C)CC(=O)O)c3)cc2C(C)(C)C)c1. The van der Waals surface area contributed by atoms with Crippen LogP contribution in [0.5, 0.6) is 11.5 Å². The van der Waals surface area contributed by atoms with Crippen LogP contribution in [0.1, 0.15) is 56.7 Å². The molecule has 0 saturated carbocycles. The summed E-state index contributed by atoms with van der Waals surface area (Å²) in [5.41, 5.74) is 5.57. The Labute approximate surface area is 190 Å². The number of rotatable bonds is 8. The van der Waals surface area contributed by atoms with Crippen LogP contribution in [0, 0.1) is 0 Å². The van der Waals surface area contributed by atoms with E-state index in [1.54, 1.807) is 7.11 Å². The van der Waals surface area contributed by atoms with E-state index in [2.05, 4.69) is 51.1 Å². The molecule has 0 spiro atoms. The molecule has 1 N–H and O–H groups in total. The van der Waals surface area contributed by atoms with Crippen LogP contribution in [-0.2, 0) is 16.8 Å². The number of benzene rings is 3. The number of ether oxygens (including phenoxy) is 2. The lowest BCUT2D eigenvalue weighted by Gasteiger charge is -2.24. The van der Waals surface area contributed by atoms with E-state index in [0.717, 1.165) is 28.2 Å². The number of carboxylic acid groups (broad SMARTS) is 1. The molecule has 0 fully saturated rings. The van der Waals surface area contributed by atoms with Gasteiger partial charge in [0.15, 0.2) is 0 Å². The average Bonchev–Trinajstić information content (AvgIpc) is 2.76. The van der Waals surface area contributed by atoms with Gasteiger partial charge in [0.05, 0.1) is 13.5 Å². The summed E-state index contributed by atoms with van der Waals surface area (Å²) in [7, 11) is 1.68. The minimum atomic E-state index is -0.797. The first-order chi connectivity index (χ1) is 15.2. The lowest BCUT2D eigenvalue weighted by atomic mass is 9.81. The Morgan fingerprint density at radius 2 is 1.69 bits per heavy atom. The van der Waals surface area contributed by atoms with Crippen molar-refractivity contribution in [2.24, 2.45) is 0 Å². The third-order valence-corrected chi connectivity index (χ3v) is 5.59. The van der Waals surface area contributed by atoms with E-state index in [9.17, 15) is 4.79 Å². The highest BCUT2D eigenvalue weighted by atomic mass is 16.5. The molecule has 0 unspecified atom stereocenters. The van der Waals surface area contributed by atoms with Crippen molar-refractivity contribution in [3.05, 3.63) is 83.4 Å². The monoisotopic (exact) mass is 432 g/mol. The van der Waals surface area contributed by atoms with Gasteiger partial charge in [-0.15, -0.1) is 0 Å². The minimum absolute atomic E-state index is 0.0411. The molecule has 1 atom stereocenters. The van der Waals surface area contributed by atoms with Crippen LogP contribution in [0.2, 0.25) is 0 Å². The molecule has 0 aliphatic rings. The normalized spacial score (nSPS) is 12.3. The standard InChI is InChI=1S/C28H32O4/c1-19(14-27(29)30)21-8-6-11-24(16-21)32-18-20-12-13-25(26(15-20)28(2,3)4)22-9-7-10-23(17-22)31-5/h6-13,15-17,19H,14,18H2,1-5H3,(H,29,30)/t19-/m0/s1. The summed E-state index contributed by atoms with van der Waals surface area (Å²) < 4.78 is 11.5. The maximum Gasteiger partial charge on any atom is 0.303 e. The zero-order valence-electron chi connectivity index (χ0n) is 19.5. The highest BCUT2D eigenvalue weighted by molar-refractivity contribution is 5.70. The molecule has 0 saturated heterocycles. The number of methoxy groups -OCH3 is 1. The van der Waals surface area contributed by atoms with E-state index in [-0.39, 0.29) is 17.8 Å². The average molecular weight is 433 g/mol. The van der Waals surface area contributed by atoms with Gasteiger partial charge in [-0.1, -0.05) is 70.2 Å². The number of aliphatic carboxylic acids is 1. The van der Waals surface area contributed by atoms with Gasteiger partial charge in [-0.2, -0.15) is 0 Å². The van der Waals surface area contributed by atoms with E-state index < -0.39 is 5.97 Å². The van der Waals surface area contributed by atoms with E-state index in [4.69, 9.17) is 14.6 Å². The molecule has 3 aromatic carbocycles. The van der Waals surface area contributed by atoms with Gasteiger partial charge in [0.2, 0.25) is 0 Å². The van der Waals surface area contributed by atoms with Gasteiger partial charge >= 0.3 is 5.97 Å². The van der Waals surface area contributed by atoms with E-state index in [1.165, 1.54) is 11.1 Å². The van der Waals surface area contributed by atoms with Crippen molar-refractivity contribution in [1.82, 2.24) is 0 Å². The lowest BCUT2D eigenvalue weighted by Crippen LogP contribution is -2.14. The van der Waals surface area contributed by atoms with Crippen LogP contribution in [0.25, 0.3) is 11.1 Å². The Balaban J connectivity index is 1.83. The summed E-state index contributed by atoms with van der Waals surface area (Å²) >= 11 is 0. The molecule has 0 aromatic heterocycles. The maximum absolute atomic E-state index is 11.0. The Hall–Kier alpha value is -3.27. The van der Waals surface area contributed by atoms with Crippen LogP contribution in [0.4, 0.5) is 0 Å². The maximum atomic E-state index is 11.0. The molecule has 0 heterocycles. The molecule has 4 nitrogen and oxygen atoms in total. The van der Waals surface area contributed by atoms with E-state index >= 15 is 0 Å². The van der Waals surface area contributed by atoms with Crippen LogP contribution < -0.4 is 9.47 Å². The number of carboxylic acids is 1. The quantitative estimate of drug-likeness (QED) is 0.424. The molecule has 0 bridgehead atoms. The third kappa shape index (κ3) is 5.91. The Bertz CT molecular complexity index is 1080. The molecule has 0 aliphatic carbocycles. The van der Waals surface area contributed by atoms with E-state index in [0.29, 0.717) is 6.61 Å². The van der Waals surface area contributed by atoms with Gasteiger partial charge in [-0.3, -0.25) is 4.79 Å². The highest BCUT2D eigenvalue weighted by Crippen LogP contribution is 2.35. The zero-order valence-corrected chi connectivity index (χ0v) is 19.5. The molecule has 3 aromatic rings. The number of hydrogen-bond donors (Lipinski definition) is 1. The lowest BCUT2D eigenvalue weighted by molar-refractivity contribution is -0.137. The van der Waals surface area contributed by atoms with Gasteiger partial charge in [0.25, 0.3) is 0 Å². The van der Waals surface area contributed by atoms with Gasteiger partial charge in [-0.25, -0.2) is 0 Å². The van der Waals surface area contributed by atoms with Crippen LogP contribution in [-0.4, -0.2) is 18.2 Å². The predicted octanol–water partition coefficient (Wildman–Crippen LogP) is 6.82. The minimum Gasteiger partial charge on any atom is -0.497 e. The smallest absolute Gasteiger partial charge is 0.303 e. The van der Waals surface area contributed by atoms with Crippen LogP contribution in [0.15, 0.2) is 66.7 Å². The number of carbonyl (C=O) groups is 1. The van der Waals surface area contributed by atoms with Crippen LogP contribution >= 0.6 is 0 Å². The summed E-state index contributed by atoms with van der Waals surface area (Å²) in [6.07, 6.45) is 0.101. The summed E-state index contributed by atoms with van der Waals surface area (Å²) in [4.78, 5) is 11.0. The van der Waals surface area contributed by atoms with Crippen molar-refractivity contribution in [2.75, 3.05) is 7.11 Å². The largest absolute Gasteiger partial charge is 0.497 e. The Morgan fingerprint density at radius 3 is 2.38 bits per heavy atom. The molecule has 3 rings (SSSR count). The van der Waals surface area contributed by atoms with Crippen molar-refractivity contribution in [3.63, 3.8) is 0 Å². The van der Waals surface area contributed by atoms with Gasteiger partial charge < -0.3 is 14.6 Å². The molecule has 168 valence electrons. The van der Waals surface area contributed by atoms with Crippen molar-refractivity contribution in [2.45, 2.75) is 52.1 Å². The Kier molecular flexibility index (Phi) is 7.24. The van der Waals surface area contributed by atoms with Crippen molar-refractivity contribution in [1.29, 1.82) is 0 Å². The first kappa shape index (κ1) is 23.4. The predicted molar refractivity (Wildman–Crippen MR) is 129 cm³/mol. The summed E-state index contributed by atoms with van der Waals surface area (Å²) in [5, 5.41) is 9.05. The molecule has 0 amide bonds. The van der Waals surface area contributed by atoms with E-state index in [1.807, 2.05) is 43.3 Å². The van der Waals surface area contributed by atoms with Crippen molar-refractivity contribution >= 4 is 5.97 Å². The molecular weight excluding hydrogens is 400 g/mol. The number of hydrogen-bond acceptors (Lipinski definition) is 3. The van der Waals surface area contributed by atoms with Gasteiger partial charge in [0, 0.05) is 0 Å². The molecule has 32 heavy (non-hydrogen) atoms. The third-order valence-electron chi connectivity index (χ3n) is 5.59. The second-order valence-electron chi connectivity index (χ2n) is 9.22. The Morgan fingerprint density at radius 1 is 0.969 bits per heavy atom. The second kappa shape index (κ2) is 9.90. The molecular formula is C28H32O4. The van der Waals surface area contributed by atoms with Gasteiger partial charge in [0.1, 0.15) is 18.1 Å². The topological polar surface area (TPSA) is 55.8 Å². The fraction of sp³-hybridized carbons (Fsp3) is 0.321. The molecule has 0 radical (unpaired) electrons. The fourth-order valence-corrected chi connectivity index (χ4v) is 3.80. The van der Waals surface area contributed by atoms with Crippen molar-refractivity contribution < 1.29 is 19.4 Å². The summed E-state index contributed by atoms with van der Waals surface area (Å²) in [6, 6.07) is 22.3. The second-order valence-corrected chi connectivity index (χ2v) is 9.22. The zero-order chi connectivity index (χ0) is 23.3. The first-order valence-electron chi connectivity index (χ1n) is 10.9. The fourth-order valence-electron chi connectivity index (χ4n) is 3.80. The first-order valence-corrected chi connectivity index (χ1v) is 10.9. The summed E-state index contributed by atoms with van der Waals surface area (Å²) in [5.74, 6) is 0.723. The van der Waals surface area contributed by atoms with Gasteiger partial charge in [-0.05, 0) is 63.4 Å². The summed E-state index contributed by atoms with van der Waals surface area (Å²) in [6.45, 7) is 9.00. The molecule has 4 heteroatoms. The van der Waals surface area contributed by atoms with Crippen LogP contribution in [0.3, 0.4) is 0 Å².